The first-order chi connectivity index (χ1) is 14.5. The van der Waals surface area contributed by atoms with Gasteiger partial charge in [0.15, 0.2) is 0 Å². The number of esters is 1. The molecule has 30 heavy (non-hydrogen) atoms. The fraction of sp³-hybridized carbons (Fsp3) is 0.217. The topological polar surface area (TPSA) is 104 Å². The van der Waals surface area contributed by atoms with Crippen LogP contribution in [-0.2, 0) is 14.3 Å². The molecule has 0 fully saturated rings. The molecular weight excluding hydrogens is 384 g/mol. The highest BCUT2D eigenvalue weighted by Crippen LogP contribution is 2.46. The van der Waals surface area contributed by atoms with E-state index in [0.717, 1.165) is 0 Å². The number of rotatable bonds is 6. The highest BCUT2D eigenvalue weighted by atomic mass is 16.5. The number of ether oxygens (including phenoxy) is 4. The molecule has 1 heterocycles. The summed E-state index contributed by atoms with van der Waals surface area (Å²) in [6, 6.07) is 16.3. The summed E-state index contributed by atoms with van der Waals surface area (Å²) < 4.78 is 21.9. The zero-order valence-electron chi connectivity index (χ0n) is 17.0. The monoisotopic (exact) mass is 406 g/mol. The van der Waals surface area contributed by atoms with Crippen LogP contribution in [0.3, 0.4) is 0 Å². The first-order valence-electron chi connectivity index (χ1n) is 9.31. The molecule has 0 aliphatic carbocycles. The van der Waals surface area contributed by atoms with Gasteiger partial charge in [0.1, 0.15) is 28.9 Å². The summed E-state index contributed by atoms with van der Waals surface area (Å²) in [6.45, 7) is 1.88. The van der Waals surface area contributed by atoms with Crippen LogP contribution in [0, 0.1) is 11.3 Å². The number of carbonyl (C=O) groups excluding carboxylic acids is 1. The van der Waals surface area contributed by atoms with Crippen LogP contribution in [0.1, 0.15) is 24.0 Å². The van der Waals surface area contributed by atoms with E-state index in [1.807, 2.05) is 18.2 Å². The Morgan fingerprint density at radius 2 is 1.90 bits per heavy atom. The summed E-state index contributed by atoms with van der Waals surface area (Å²) in [5.41, 5.74) is 7.59. The van der Waals surface area contributed by atoms with Crippen LogP contribution in [0.4, 0.5) is 0 Å². The van der Waals surface area contributed by atoms with Crippen LogP contribution in [0.5, 0.6) is 11.5 Å². The maximum Gasteiger partial charge on any atom is 0.338 e. The molecule has 2 aromatic carbocycles. The number of nitriles is 1. The second-order valence-corrected chi connectivity index (χ2v) is 6.36. The van der Waals surface area contributed by atoms with Gasteiger partial charge in [-0.05, 0) is 13.0 Å². The number of hydrogen-bond donors (Lipinski definition) is 1. The molecule has 2 N–H and O–H groups in total. The van der Waals surface area contributed by atoms with Gasteiger partial charge in [0, 0.05) is 17.2 Å². The van der Waals surface area contributed by atoms with Crippen molar-refractivity contribution < 1.29 is 23.7 Å². The van der Waals surface area contributed by atoms with Gasteiger partial charge < -0.3 is 24.7 Å². The first-order valence-corrected chi connectivity index (χ1v) is 9.31. The van der Waals surface area contributed by atoms with E-state index in [2.05, 4.69) is 6.07 Å². The van der Waals surface area contributed by atoms with Gasteiger partial charge in [-0.25, -0.2) is 4.79 Å². The van der Waals surface area contributed by atoms with Crippen molar-refractivity contribution in [2.75, 3.05) is 20.8 Å². The number of methoxy groups -OCH3 is 2. The van der Waals surface area contributed by atoms with Gasteiger partial charge in [0.25, 0.3) is 0 Å². The molecule has 0 radical (unpaired) electrons. The molecule has 3 rings (SSSR count). The van der Waals surface area contributed by atoms with E-state index in [1.165, 1.54) is 7.11 Å². The van der Waals surface area contributed by atoms with Gasteiger partial charge in [-0.3, -0.25) is 0 Å². The Kier molecular flexibility index (Phi) is 6.28. The number of benzene rings is 2. The Morgan fingerprint density at radius 3 is 2.50 bits per heavy atom. The molecule has 0 aromatic heterocycles. The molecule has 0 saturated carbocycles. The third-order valence-electron chi connectivity index (χ3n) is 4.70. The van der Waals surface area contributed by atoms with Crippen LogP contribution >= 0.6 is 0 Å². The Balaban J connectivity index is 2.32. The normalized spacial score (nSPS) is 15.9. The van der Waals surface area contributed by atoms with Gasteiger partial charge in [-0.1, -0.05) is 36.4 Å². The lowest BCUT2D eigenvalue weighted by molar-refractivity contribution is -0.138. The lowest BCUT2D eigenvalue weighted by atomic mass is 9.81. The SMILES string of the molecule is CCOC(=O)C1=C(c2ccccc2)OC(N)=C(C#N)C1c1ccc(OC)cc1OC. The van der Waals surface area contributed by atoms with Crippen molar-refractivity contribution in [3.8, 4) is 17.6 Å². The highest BCUT2D eigenvalue weighted by molar-refractivity contribution is 6.00. The standard InChI is InChI=1S/C23H22N2O5/c1-4-29-23(26)20-19(16-11-10-15(27-2)12-18(16)28-3)17(13-24)22(25)30-21(20)14-8-6-5-7-9-14/h5-12,19H,4,25H2,1-3H3. The molecule has 2 aromatic rings. The summed E-state index contributed by atoms with van der Waals surface area (Å²) in [4.78, 5) is 13.1. The molecule has 1 aliphatic heterocycles. The van der Waals surface area contributed by atoms with E-state index in [9.17, 15) is 10.1 Å². The van der Waals surface area contributed by atoms with Crippen molar-refractivity contribution >= 4 is 11.7 Å². The third-order valence-corrected chi connectivity index (χ3v) is 4.70. The van der Waals surface area contributed by atoms with Crippen LogP contribution < -0.4 is 15.2 Å². The Hall–Kier alpha value is -3.92. The first kappa shape index (κ1) is 20.8. The quantitative estimate of drug-likeness (QED) is 0.732. The van der Waals surface area contributed by atoms with E-state index in [1.54, 1.807) is 44.4 Å². The summed E-state index contributed by atoms with van der Waals surface area (Å²) in [5, 5.41) is 9.84. The van der Waals surface area contributed by atoms with Crippen LogP contribution in [-0.4, -0.2) is 26.8 Å². The van der Waals surface area contributed by atoms with Gasteiger partial charge >= 0.3 is 5.97 Å². The Morgan fingerprint density at radius 1 is 1.17 bits per heavy atom. The minimum atomic E-state index is -0.834. The Labute approximate surface area is 174 Å². The zero-order valence-corrected chi connectivity index (χ0v) is 17.0. The number of nitrogens with zero attached hydrogens (tertiary/aromatic N) is 1. The summed E-state index contributed by atoms with van der Waals surface area (Å²) in [5.74, 6) is -0.252. The second-order valence-electron chi connectivity index (χ2n) is 6.36. The number of hydrogen-bond acceptors (Lipinski definition) is 7. The van der Waals surface area contributed by atoms with E-state index in [-0.39, 0.29) is 29.4 Å². The largest absolute Gasteiger partial charge is 0.497 e. The smallest absolute Gasteiger partial charge is 0.338 e. The molecule has 1 atom stereocenters. The highest BCUT2D eigenvalue weighted by Gasteiger charge is 2.39. The van der Waals surface area contributed by atoms with Crippen LogP contribution in [0.25, 0.3) is 5.76 Å². The average Bonchev–Trinajstić information content (AvgIpc) is 2.78. The molecule has 7 nitrogen and oxygen atoms in total. The number of nitrogens with two attached hydrogens (primary N) is 1. The van der Waals surface area contributed by atoms with Crippen molar-refractivity contribution in [1.82, 2.24) is 0 Å². The fourth-order valence-corrected chi connectivity index (χ4v) is 3.35. The van der Waals surface area contributed by atoms with E-state index >= 15 is 0 Å². The van der Waals surface area contributed by atoms with Crippen molar-refractivity contribution in [3.05, 3.63) is 76.7 Å². The lowest BCUT2D eigenvalue weighted by Gasteiger charge is -2.29. The predicted molar refractivity (Wildman–Crippen MR) is 110 cm³/mol. The van der Waals surface area contributed by atoms with Crippen molar-refractivity contribution in [2.24, 2.45) is 5.73 Å². The molecule has 7 heteroatoms. The maximum absolute atomic E-state index is 13.1. The Bertz CT molecular complexity index is 1050. The van der Waals surface area contributed by atoms with Gasteiger partial charge in [-0.2, -0.15) is 5.26 Å². The van der Waals surface area contributed by atoms with Gasteiger partial charge in [0.2, 0.25) is 5.88 Å². The molecule has 0 saturated heterocycles. The van der Waals surface area contributed by atoms with Gasteiger partial charge in [0.05, 0.1) is 32.3 Å². The second kappa shape index (κ2) is 9.05. The summed E-state index contributed by atoms with van der Waals surface area (Å²) >= 11 is 0. The minimum Gasteiger partial charge on any atom is -0.497 e. The zero-order chi connectivity index (χ0) is 21.7. The lowest BCUT2D eigenvalue weighted by Crippen LogP contribution is -2.26. The molecule has 1 aliphatic rings. The number of carbonyl (C=O) groups is 1. The van der Waals surface area contributed by atoms with Crippen molar-refractivity contribution in [2.45, 2.75) is 12.8 Å². The van der Waals surface area contributed by atoms with Crippen molar-refractivity contribution in [3.63, 3.8) is 0 Å². The van der Waals surface area contributed by atoms with E-state index < -0.39 is 11.9 Å². The average molecular weight is 406 g/mol. The van der Waals surface area contributed by atoms with Crippen LogP contribution in [0.2, 0.25) is 0 Å². The summed E-state index contributed by atoms with van der Waals surface area (Å²) in [6.07, 6.45) is 0. The van der Waals surface area contributed by atoms with Gasteiger partial charge in [-0.15, -0.1) is 0 Å². The van der Waals surface area contributed by atoms with E-state index in [4.69, 9.17) is 24.7 Å². The minimum absolute atomic E-state index is 0.0766. The maximum atomic E-state index is 13.1. The fourth-order valence-electron chi connectivity index (χ4n) is 3.35. The molecule has 0 bridgehead atoms. The predicted octanol–water partition coefficient (Wildman–Crippen LogP) is 3.49. The molecule has 154 valence electrons. The molecule has 1 unspecified atom stereocenters. The molecule has 0 spiro atoms. The number of allylic oxidation sites excluding steroid dienone is 1. The van der Waals surface area contributed by atoms with E-state index in [0.29, 0.717) is 22.6 Å². The molecule has 0 amide bonds. The summed E-state index contributed by atoms with van der Waals surface area (Å²) in [7, 11) is 3.04. The van der Waals surface area contributed by atoms with Crippen LogP contribution in [0.15, 0.2) is 65.6 Å². The third kappa shape index (κ3) is 3.80. The van der Waals surface area contributed by atoms with Crippen molar-refractivity contribution in [1.29, 1.82) is 5.26 Å². The molecular formula is C23H22N2O5.